The highest BCUT2D eigenvalue weighted by atomic mass is 16.5. The highest BCUT2D eigenvalue weighted by Gasteiger charge is 2.23. The fourth-order valence-electron chi connectivity index (χ4n) is 3.56. The van der Waals surface area contributed by atoms with Crippen molar-refractivity contribution < 1.29 is 19.4 Å². The summed E-state index contributed by atoms with van der Waals surface area (Å²) in [7, 11) is 0. The summed E-state index contributed by atoms with van der Waals surface area (Å²) in [5.41, 5.74) is 14.4. The van der Waals surface area contributed by atoms with Crippen molar-refractivity contribution in [1.29, 1.82) is 0 Å². The number of hydrogen-bond donors (Lipinski definition) is 5. The number of ether oxygens (including phenoxy) is 1. The number of nitrogens with one attached hydrogen (secondary N) is 2. The van der Waals surface area contributed by atoms with Crippen LogP contribution in [0.5, 0.6) is 0 Å². The number of nitrogens with two attached hydrogens (primary N) is 2. The number of aliphatic imine (C=N–C) groups is 1. The number of aromatic nitrogens is 4. The smallest absolute Gasteiger partial charge is 0.408 e. The number of guanidine groups is 1. The Hall–Kier alpha value is -5.20. The van der Waals surface area contributed by atoms with Crippen LogP contribution in [0.2, 0.25) is 0 Å². The van der Waals surface area contributed by atoms with Gasteiger partial charge in [0.05, 0.1) is 19.4 Å². The number of alkyl carbamates (subject to hydrolysis) is 1. The summed E-state index contributed by atoms with van der Waals surface area (Å²) in [6, 6.07) is 15.6. The molecule has 7 N–H and O–H groups in total. The van der Waals surface area contributed by atoms with Gasteiger partial charge in [0, 0.05) is 6.54 Å². The van der Waals surface area contributed by atoms with Gasteiger partial charge in [0.15, 0.2) is 17.4 Å². The molecule has 1 atom stereocenters. The second kappa shape index (κ2) is 12.2. The van der Waals surface area contributed by atoms with Crippen molar-refractivity contribution in [2.75, 3.05) is 5.32 Å². The topological polar surface area (TPSA) is 196 Å². The number of rotatable bonds is 11. The van der Waals surface area contributed by atoms with Crippen molar-refractivity contribution in [3.63, 3.8) is 0 Å². The first kappa shape index (κ1) is 25.9. The maximum atomic E-state index is 12.2. The largest absolute Gasteiger partial charge is 0.480 e. The molecule has 13 heteroatoms. The molecule has 2 aromatic heterocycles. The van der Waals surface area contributed by atoms with E-state index in [1.807, 2.05) is 42.5 Å². The van der Waals surface area contributed by atoms with E-state index in [9.17, 15) is 14.7 Å². The van der Waals surface area contributed by atoms with Crippen LogP contribution in [0.1, 0.15) is 16.7 Å². The second-order valence-electron chi connectivity index (χ2n) is 8.30. The molecule has 0 spiro atoms. The molecule has 0 saturated heterocycles. The van der Waals surface area contributed by atoms with Crippen LogP contribution < -0.4 is 22.1 Å². The van der Waals surface area contributed by atoms with E-state index in [1.165, 1.54) is 17.2 Å². The minimum atomic E-state index is -1.26. The Morgan fingerprint density at radius 2 is 1.74 bits per heavy atom. The molecule has 1 amide bonds. The van der Waals surface area contributed by atoms with Crippen LogP contribution in [-0.2, 0) is 35.8 Å². The van der Waals surface area contributed by atoms with Gasteiger partial charge >= 0.3 is 12.1 Å². The third-order valence-corrected chi connectivity index (χ3v) is 5.51. The lowest BCUT2D eigenvalue weighted by Gasteiger charge is -2.15. The number of fused-ring (bicyclic) bond motifs is 1. The van der Waals surface area contributed by atoms with Crippen molar-refractivity contribution in [1.82, 2.24) is 24.8 Å². The van der Waals surface area contributed by atoms with Gasteiger partial charge in [-0.05, 0) is 16.7 Å². The molecule has 0 aliphatic heterocycles. The monoisotopic (exact) mass is 517 g/mol. The Morgan fingerprint density at radius 3 is 2.45 bits per heavy atom. The summed E-state index contributed by atoms with van der Waals surface area (Å²) in [6.45, 7) is 0.777. The summed E-state index contributed by atoms with van der Waals surface area (Å²) in [6.07, 6.45) is 1.97. The van der Waals surface area contributed by atoms with Gasteiger partial charge < -0.3 is 36.5 Å². The molecule has 38 heavy (non-hydrogen) atoms. The van der Waals surface area contributed by atoms with Crippen molar-refractivity contribution in [2.45, 2.75) is 32.3 Å². The number of carbonyl (C=O) groups is 2. The zero-order valence-electron chi connectivity index (χ0n) is 20.3. The SMILES string of the molecule is NC(N)=NCc1ccc(CNc2ncnc3c2ncn3C[C@@H](NC(=O)OCc2ccccc2)C(=O)O)cc1. The minimum absolute atomic E-state index is 0.0221. The Labute approximate surface area is 217 Å². The average molecular weight is 518 g/mol. The number of anilines is 1. The number of nitrogens with zero attached hydrogens (tertiary/aromatic N) is 5. The maximum Gasteiger partial charge on any atom is 0.408 e. The molecule has 0 saturated carbocycles. The van der Waals surface area contributed by atoms with Gasteiger partial charge in [0.2, 0.25) is 0 Å². The number of amides is 1. The normalized spacial score (nSPS) is 11.5. The number of carbonyl (C=O) groups excluding carboxylic acids is 1. The van der Waals surface area contributed by atoms with Crippen molar-refractivity contribution in [2.24, 2.45) is 16.5 Å². The Morgan fingerprint density at radius 1 is 1.00 bits per heavy atom. The van der Waals surface area contributed by atoms with E-state index in [-0.39, 0.29) is 19.1 Å². The molecule has 0 fully saturated rings. The lowest BCUT2D eigenvalue weighted by Crippen LogP contribution is -2.43. The highest BCUT2D eigenvalue weighted by molar-refractivity contribution is 5.83. The molecule has 4 aromatic rings. The molecule has 0 aliphatic carbocycles. The van der Waals surface area contributed by atoms with Crippen molar-refractivity contribution in [3.05, 3.63) is 83.9 Å². The van der Waals surface area contributed by atoms with Crippen LogP contribution in [0.15, 0.2) is 72.2 Å². The number of aliphatic carboxylic acids is 1. The van der Waals surface area contributed by atoms with Crippen LogP contribution in [0.4, 0.5) is 10.6 Å². The number of imidazole rings is 1. The summed E-state index contributed by atoms with van der Waals surface area (Å²) >= 11 is 0. The third kappa shape index (κ3) is 6.94. The molecule has 0 radical (unpaired) electrons. The lowest BCUT2D eigenvalue weighted by atomic mass is 10.1. The van der Waals surface area contributed by atoms with Gasteiger partial charge in [-0.2, -0.15) is 0 Å². The van der Waals surface area contributed by atoms with E-state index in [1.54, 1.807) is 12.1 Å². The van der Waals surface area contributed by atoms with Gasteiger partial charge in [-0.1, -0.05) is 54.6 Å². The van der Waals surface area contributed by atoms with Gasteiger partial charge in [0.25, 0.3) is 0 Å². The quantitative estimate of drug-likeness (QED) is 0.144. The molecule has 13 nitrogen and oxygen atoms in total. The predicted octanol–water partition coefficient (Wildman–Crippen LogP) is 1.59. The number of benzene rings is 2. The Bertz CT molecular complexity index is 1420. The maximum absolute atomic E-state index is 12.2. The minimum Gasteiger partial charge on any atom is -0.480 e. The van der Waals surface area contributed by atoms with E-state index in [4.69, 9.17) is 16.2 Å². The zero-order chi connectivity index (χ0) is 26.9. The summed E-state index contributed by atoms with van der Waals surface area (Å²) in [5.74, 6) is -0.698. The van der Waals surface area contributed by atoms with E-state index in [0.29, 0.717) is 30.1 Å². The van der Waals surface area contributed by atoms with E-state index >= 15 is 0 Å². The first-order chi connectivity index (χ1) is 18.4. The Balaban J connectivity index is 1.39. The molecule has 0 unspecified atom stereocenters. The van der Waals surface area contributed by atoms with Crippen LogP contribution in [-0.4, -0.2) is 48.7 Å². The number of hydrogen-bond acceptors (Lipinski definition) is 8. The molecular weight excluding hydrogens is 490 g/mol. The van der Waals surface area contributed by atoms with Gasteiger partial charge in [-0.15, -0.1) is 0 Å². The van der Waals surface area contributed by atoms with Crippen LogP contribution in [0, 0.1) is 0 Å². The molecule has 2 aromatic carbocycles. The molecule has 0 bridgehead atoms. The average Bonchev–Trinajstić information content (AvgIpc) is 3.33. The van der Waals surface area contributed by atoms with Gasteiger partial charge in [-0.3, -0.25) is 0 Å². The highest BCUT2D eigenvalue weighted by Crippen LogP contribution is 2.19. The standard InChI is InChI=1S/C25H27N9O4/c26-24(27)29-11-17-8-6-16(7-9-17)10-28-21-20-22(31-14-30-21)34(15-32-20)12-19(23(35)36)33-25(37)38-13-18-4-2-1-3-5-18/h1-9,14-15,19H,10-13H2,(H,33,37)(H,35,36)(H4,26,27,29)(H,28,30,31)/t19-/m1/s1. The first-order valence-electron chi connectivity index (χ1n) is 11.6. The molecule has 196 valence electrons. The summed E-state index contributed by atoms with van der Waals surface area (Å²) in [4.78, 5) is 40.9. The van der Waals surface area contributed by atoms with E-state index in [0.717, 1.165) is 16.7 Å². The molecule has 2 heterocycles. The number of carboxylic acids is 1. The predicted molar refractivity (Wildman–Crippen MR) is 140 cm³/mol. The third-order valence-electron chi connectivity index (χ3n) is 5.51. The first-order valence-corrected chi connectivity index (χ1v) is 11.6. The van der Waals surface area contributed by atoms with Crippen LogP contribution >= 0.6 is 0 Å². The fraction of sp³-hybridized carbons (Fsp3) is 0.200. The molecule has 0 aliphatic rings. The fourth-order valence-corrected chi connectivity index (χ4v) is 3.56. The van der Waals surface area contributed by atoms with E-state index in [2.05, 4.69) is 30.6 Å². The van der Waals surface area contributed by atoms with E-state index < -0.39 is 18.1 Å². The van der Waals surface area contributed by atoms with Crippen LogP contribution in [0.25, 0.3) is 11.2 Å². The van der Waals surface area contributed by atoms with Gasteiger partial charge in [0.1, 0.15) is 24.5 Å². The zero-order valence-corrected chi connectivity index (χ0v) is 20.3. The molecule has 4 rings (SSSR count). The van der Waals surface area contributed by atoms with Crippen LogP contribution in [0.3, 0.4) is 0 Å². The van der Waals surface area contributed by atoms with Gasteiger partial charge in [-0.25, -0.2) is 29.5 Å². The summed E-state index contributed by atoms with van der Waals surface area (Å²) in [5, 5.41) is 15.3. The molecular formula is C25H27N9O4. The Kier molecular flexibility index (Phi) is 8.28. The number of carboxylic acid groups (broad SMARTS) is 1. The summed E-state index contributed by atoms with van der Waals surface area (Å²) < 4.78 is 6.69. The van der Waals surface area contributed by atoms with Crippen molar-refractivity contribution >= 4 is 35.0 Å². The second-order valence-corrected chi connectivity index (χ2v) is 8.30. The van der Waals surface area contributed by atoms with Crippen molar-refractivity contribution in [3.8, 4) is 0 Å². The lowest BCUT2D eigenvalue weighted by molar-refractivity contribution is -0.139.